The van der Waals surface area contributed by atoms with Gasteiger partial charge in [-0.15, -0.1) is 0 Å². The summed E-state index contributed by atoms with van der Waals surface area (Å²) in [4.78, 5) is 16.0. The van der Waals surface area contributed by atoms with E-state index in [1.54, 1.807) is 12.1 Å². The Morgan fingerprint density at radius 2 is 1.75 bits per heavy atom. The van der Waals surface area contributed by atoms with Crippen molar-refractivity contribution in [3.63, 3.8) is 0 Å². The maximum absolute atomic E-state index is 13.5. The fourth-order valence-electron chi connectivity index (χ4n) is 2.30. The Morgan fingerprint density at radius 1 is 1.04 bits per heavy atom. The summed E-state index contributed by atoms with van der Waals surface area (Å²) in [6.07, 6.45) is 1.09. The summed E-state index contributed by atoms with van der Waals surface area (Å²) in [5.41, 5.74) is 5.77. The van der Waals surface area contributed by atoms with E-state index in [1.807, 2.05) is 0 Å². The molecule has 0 aliphatic rings. The van der Waals surface area contributed by atoms with Crippen LogP contribution in [-0.2, 0) is 15.8 Å². The fraction of sp³-hybridized carbons (Fsp3) is 0.176. The van der Waals surface area contributed by atoms with Crippen LogP contribution in [0.3, 0.4) is 0 Å². The zero-order valence-corrected chi connectivity index (χ0v) is 15.7. The van der Waals surface area contributed by atoms with Crippen molar-refractivity contribution in [3.05, 3.63) is 48.2 Å². The molecule has 28 heavy (non-hydrogen) atoms. The SMILES string of the molecule is CC(F)(F)c1cccc(-c2nc(N)nc(Nc3cccc(S(C)(=O)=O)c3)n2)n1. The molecular weight excluding hydrogens is 390 g/mol. The molecule has 0 atom stereocenters. The van der Waals surface area contributed by atoms with Crippen molar-refractivity contribution >= 4 is 27.4 Å². The van der Waals surface area contributed by atoms with Crippen LogP contribution in [0.2, 0.25) is 0 Å². The Kier molecular flexibility index (Phi) is 4.94. The smallest absolute Gasteiger partial charge is 0.286 e. The number of rotatable bonds is 5. The second kappa shape index (κ2) is 7.08. The van der Waals surface area contributed by atoms with Crippen LogP contribution in [0.25, 0.3) is 11.5 Å². The van der Waals surface area contributed by atoms with Gasteiger partial charge in [-0.25, -0.2) is 13.4 Å². The van der Waals surface area contributed by atoms with Gasteiger partial charge in [0.2, 0.25) is 11.9 Å². The molecule has 0 fully saturated rings. The first-order valence-corrected chi connectivity index (χ1v) is 9.86. The third-order valence-corrected chi connectivity index (χ3v) is 4.71. The summed E-state index contributed by atoms with van der Waals surface area (Å²) in [6, 6.07) is 10.1. The van der Waals surface area contributed by atoms with E-state index in [0.717, 1.165) is 13.2 Å². The van der Waals surface area contributed by atoms with Gasteiger partial charge < -0.3 is 11.1 Å². The van der Waals surface area contributed by atoms with Crippen molar-refractivity contribution in [1.82, 2.24) is 19.9 Å². The zero-order valence-electron chi connectivity index (χ0n) is 14.9. The number of nitrogens with two attached hydrogens (primary N) is 1. The minimum atomic E-state index is -3.39. The van der Waals surface area contributed by atoms with E-state index in [-0.39, 0.29) is 28.3 Å². The first kappa shape index (κ1) is 19.5. The van der Waals surface area contributed by atoms with Crippen LogP contribution in [0.15, 0.2) is 47.4 Å². The molecule has 3 rings (SSSR count). The van der Waals surface area contributed by atoms with E-state index in [2.05, 4.69) is 25.3 Å². The molecule has 146 valence electrons. The van der Waals surface area contributed by atoms with E-state index in [0.29, 0.717) is 5.69 Å². The quantitative estimate of drug-likeness (QED) is 0.663. The lowest BCUT2D eigenvalue weighted by atomic mass is 10.2. The lowest BCUT2D eigenvalue weighted by Gasteiger charge is -2.11. The van der Waals surface area contributed by atoms with Gasteiger partial charge in [0.1, 0.15) is 11.4 Å². The van der Waals surface area contributed by atoms with E-state index >= 15 is 0 Å². The van der Waals surface area contributed by atoms with Gasteiger partial charge >= 0.3 is 0 Å². The molecule has 2 heterocycles. The lowest BCUT2D eigenvalue weighted by molar-refractivity contribution is 0.0129. The second-order valence-corrected chi connectivity index (χ2v) is 8.08. The molecule has 0 saturated carbocycles. The summed E-state index contributed by atoms with van der Waals surface area (Å²) >= 11 is 0. The Hall–Kier alpha value is -3.21. The number of benzene rings is 1. The van der Waals surface area contributed by atoms with Crippen LogP contribution < -0.4 is 11.1 Å². The lowest BCUT2D eigenvalue weighted by Crippen LogP contribution is -2.11. The first-order chi connectivity index (χ1) is 13.0. The second-order valence-electron chi connectivity index (χ2n) is 6.06. The van der Waals surface area contributed by atoms with Crippen molar-refractivity contribution in [2.45, 2.75) is 17.7 Å². The van der Waals surface area contributed by atoms with Gasteiger partial charge in [0.15, 0.2) is 15.7 Å². The van der Waals surface area contributed by atoms with Crippen LogP contribution in [0.4, 0.5) is 26.4 Å². The Morgan fingerprint density at radius 3 is 2.43 bits per heavy atom. The van der Waals surface area contributed by atoms with E-state index in [1.165, 1.54) is 30.3 Å². The Bertz CT molecular complexity index is 1130. The standard InChI is InChI=1S/C17H16F2N6O2S/c1-17(18,19)13-8-4-7-12(22-13)14-23-15(20)25-16(24-14)21-10-5-3-6-11(9-10)28(2,26)27/h3-9H,1-2H3,(H3,20,21,23,24,25). The number of hydrogen-bond donors (Lipinski definition) is 2. The summed E-state index contributed by atoms with van der Waals surface area (Å²) in [5, 5.41) is 2.83. The summed E-state index contributed by atoms with van der Waals surface area (Å²) in [7, 11) is -3.39. The van der Waals surface area contributed by atoms with E-state index < -0.39 is 21.5 Å². The Balaban J connectivity index is 1.97. The minimum Gasteiger partial charge on any atom is -0.368 e. The molecule has 0 radical (unpaired) electrons. The molecule has 0 amide bonds. The zero-order chi connectivity index (χ0) is 20.5. The number of nitrogen functional groups attached to an aromatic ring is 1. The first-order valence-electron chi connectivity index (χ1n) is 7.97. The van der Waals surface area contributed by atoms with Crippen LogP contribution in [0.5, 0.6) is 0 Å². The molecule has 11 heteroatoms. The molecule has 3 aromatic rings. The minimum absolute atomic E-state index is 0.000340. The highest BCUT2D eigenvalue weighted by Gasteiger charge is 2.26. The number of anilines is 3. The van der Waals surface area contributed by atoms with Crippen molar-refractivity contribution < 1.29 is 17.2 Å². The highest BCUT2D eigenvalue weighted by atomic mass is 32.2. The largest absolute Gasteiger partial charge is 0.368 e. The van der Waals surface area contributed by atoms with Crippen LogP contribution in [-0.4, -0.2) is 34.6 Å². The molecule has 0 saturated heterocycles. The maximum Gasteiger partial charge on any atom is 0.286 e. The molecular formula is C17H16F2N6O2S. The molecule has 1 aromatic carbocycles. The van der Waals surface area contributed by atoms with Gasteiger partial charge in [-0.2, -0.15) is 23.7 Å². The number of aromatic nitrogens is 4. The predicted molar refractivity (Wildman–Crippen MR) is 99.9 cm³/mol. The van der Waals surface area contributed by atoms with Crippen LogP contribution in [0, 0.1) is 0 Å². The number of halogens is 2. The van der Waals surface area contributed by atoms with Crippen LogP contribution >= 0.6 is 0 Å². The number of alkyl halides is 2. The van der Waals surface area contributed by atoms with Gasteiger partial charge in [-0.1, -0.05) is 12.1 Å². The van der Waals surface area contributed by atoms with E-state index in [9.17, 15) is 17.2 Å². The monoisotopic (exact) mass is 406 g/mol. The number of nitrogens with one attached hydrogen (secondary N) is 1. The normalized spacial score (nSPS) is 12.0. The average molecular weight is 406 g/mol. The third-order valence-electron chi connectivity index (χ3n) is 3.60. The van der Waals surface area contributed by atoms with Crippen molar-refractivity contribution in [2.75, 3.05) is 17.3 Å². The molecule has 0 aliphatic carbocycles. The fourth-order valence-corrected chi connectivity index (χ4v) is 2.97. The maximum atomic E-state index is 13.5. The number of pyridine rings is 1. The van der Waals surface area contributed by atoms with Gasteiger partial charge in [-0.05, 0) is 30.3 Å². The highest BCUT2D eigenvalue weighted by Crippen LogP contribution is 2.27. The van der Waals surface area contributed by atoms with Gasteiger partial charge in [0.05, 0.1) is 4.90 Å². The number of hydrogen-bond acceptors (Lipinski definition) is 8. The van der Waals surface area contributed by atoms with Crippen molar-refractivity contribution in [2.24, 2.45) is 0 Å². The Labute approximate surface area is 159 Å². The molecule has 8 nitrogen and oxygen atoms in total. The summed E-state index contributed by atoms with van der Waals surface area (Å²) in [6.45, 7) is 0.739. The van der Waals surface area contributed by atoms with Gasteiger partial charge in [0, 0.05) is 18.9 Å². The van der Waals surface area contributed by atoms with Gasteiger partial charge in [-0.3, -0.25) is 0 Å². The van der Waals surface area contributed by atoms with Crippen LogP contribution in [0.1, 0.15) is 12.6 Å². The van der Waals surface area contributed by atoms with Crippen molar-refractivity contribution in [3.8, 4) is 11.5 Å². The summed E-state index contributed by atoms with van der Waals surface area (Å²) in [5.74, 6) is -3.26. The molecule has 0 aliphatic heterocycles. The predicted octanol–water partition coefficient (Wildman–Crippen LogP) is 2.77. The van der Waals surface area contributed by atoms with Gasteiger partial charge in [0.25, 0.3) is 5.92 Å². The average Bonchev–Trinajstić information content (AvgIpc) is 2.60. The number of nitrogens with zero attached hydrogens (tertiary/aromatic N) is 4. The molecule has 0 unspecified atom stereocenters. The molecule has 0 bridgehead atoms. The summed E-state index contributed by atoms with van der Waals surface area (Å²) < 4.78 is 50.4. The topological polar surface area (TPSA) is 124 Å². The number of sulfone groups is 1. The van der Waals surface area contributed by atoms with E-state index in [4.69, 9.17) is 5.73 Å². The third kappa shape index (κ3) is 4.55. The van der Waals surface area contributed by atoms with Crippen molar-refractivity contribution in [1.29, 1.82) is 0 Å². The highest BCUT2D eigenvalue weighted by molar-refractivity contribution is 7.90. The molecule has 3 N–H and O–H groups in total. The molecule has 0 spiro atoms. The molecule has 2 aromatic heterocycles.